The topological polar surface area (TPSA) is 84.3 Å². The molecule has 0 aliphatic carbocycles. The van der Waals surface area contributed by atoms with Crippen LogP contribution in [0, 0.1) is 12.8 Å². The third-order valence-electron chi connectivity index (χ3n) is 4.81. The Morgan fingerprint density at radius 2 is 2.11 bits per heavy atom. The fraction of sp³-hybridized carbons (Fsp3) is 0.400. The molecule has 2 amide bonds. The van der Waals surface area contributed by atoms with Gasteiger partial charge in [0.1, 0.15) is 0 Å². The highest BCUT2D eigenvalue weighted by molar-refractivity contribution is 5.89. The Balaban J connectivity index is 1.45. The zero-order valence-corrected chi connectivity index (χ0v) is 15.4. The van der Waals surface area contributed by atoms with Gasteiger partial charge in [-0.1, -0.05) is 12.1 Å². The minimum absolute atomic E-state index is 0.00883. The van der Waals surface area contributed by atoms with Crippen LogP contribution in [-0.4, -0.2) is 39.4 Å². The first-order valence-electron chi connectivity index (χ1n) is 9.15. The summed E-state index contributed by atoms with van der Waals surface area (Å²) in [6, 6.07) is 8.92. The van der Waals surface area contributed by atoms with E-state index in [9.17, 15) is 14.4 Å². The molecule has 0 bridgehead atoms. The average molecular weight is 368 g/mol. The molecule has 0 radical (unpaired) electrons. The standard InChI is InChI=1S/C20H24N4O3/c1-15-5-2-7-18(25)24(15)10-4-9-22-20(27)17-11-19(26)23(14-17)13-16-6-3-8-21-12-16/h2-3,5-8,12,17H,4,9-11,13-14H2,1H3,(H,22,27)/t17-/m0/s1. The molecule has 1 aliphatic rings. The lowest BCUT2D eigenvalue weighted by Crippen LogP contribution is -2.34. The first-order chi connectivity index (χ1) is 13.0. The number of likely N-dealkylation sites (tertiary alicyclic amines) is 1. The molecule has 1 atom stereocenters. The van der Waals surface area contributed by atoms with Crippen molar-refractivity contribution in [3.05, 3.63) is 64.3 Å². The molecule has 0 aromatic carbocycles. The van der Waals surface area contributed by atoms with Gasteiger partial charge in [0, 0.05) is 56.8 Å². The van der Waals surface area contributed by atoms with Gasteiger partial charge >= 0.3 is 0 Å². The van der Waals surface area contributed by atoms with E-state index < -0.39 is 0 Å². The molecule has 3 heterocycles. The highest BCUT2D eigenvalue weighted by Gasteiger charge is 2.33. The van der Waals surface area contributed by atoms with Gasteiger partial charge < -0.3 is 14.8 Å². The number of hydrogen-bond acceptors (Lipinski definition) is 4. The summed E-state index contributed by atoms with van der Waals surface area (Å²) in [5, 5.41) is 2.89. The molecule has 1 fully saturated rings. The second-order valence-corrected chi connectivity index (χ2v) is 6.84. The van der Waals surface area contributed by atoms with Crippen LogP contribution in [0.1, 0.15) is 24.1 Å². The molecule has 27 heavy (non-hydrogen) atoms. The predicted octanol–water partition coefficient (Wildman–Crippen LogP) is 1.11. The molecule has 0 unspecified atom stereocenters. The number of rotatable bonds is 7. The van der Waals surface area contributed by atoms with E-state index in [-0.39, 0.29) is 29.7 Å². The van der Waals surface area contributed by atoms with Crippen molar-refractivity contribution in [3.63, 3.8) is 0 Å². The Morgan fingerprint density at radius 3 is 2.85 bits per heavy atom. The third-order valence-corrected chi connectivity index (χ3v) is 4.81. The van der Waals surface area contributed by atoms with Gasteiger partial charge in [-0.3, -0.25) is 19.4 Å². The van der Waals surface area contributed by atoms with Crippen LogP contribution in [0.3, 0.4) is 0 Å². The van der Waals surface area contributed by atoms with Crippen LogP contribution >= 0.6 is 0 Å². The summed E-state index contributed by atoms with van der Waals surface area (Å²) in [6.07, 6.45) is 4.32. The van der Waals surface area contributed by atoms with Crippen molar-refractivity contribution in [3.8, 4) is 0 Å². The molecule has 0 saturated carbocycles. The van der Waals surface area contributed by atoms with Gasteiger partial charge in [0.05, 0.1) is 5.92 Å². The van der Waals surface area contributed by atoms with Gasteiger partial charge in [0.15, 0.2) is 0 Å². The molecule has 142 valence electrons. The maximum absolute atomic E-state index is 12.4. The Labute approximate surface area is 158 Å². The first kappa shape index (κ1) is 18.8. The lowest BCUT2D eigenvalue weighted by molar-refractivity contribution is -0.129. The Kier molecular flexibility index (Phi) is 6.01. The summed E-state index contributed by atoms with van der Waals surface area (Å²) in [4.78, 5) is 42.1. The van der Waals surface area contributed by atoms with E-state index in [1.165, 1.54) is 6.07 Å². The average Bonchev–Trinajstić information content (AvgIpc) is 3.02. The largest absolute Gasteiger partial charge is 0.356 e. The lowest BCUT2D eigenvalue weighted by Gasteiger charge is -2.16. The summed E-state index contributed by atoms with van der Waals surface area (Å²) in [7, 11) is 0. The van der Waals surface area contributed by atoms with Gasteiger partial charge in [-0.15, -0.1) is 0 Å². The molecule has 7 nitrogen and oxygen atoms in total. The highest BCUT2D eigenvalue weighted by atomic mass is 16.2. The van der Waals surface area contributed by atoms with Crippen LogP contribution < -0.4 is 10.9 Å². The molecule has 1 saturated heterocycles. The van der Waals surface area contributed by atoms with Crippen molar-refractivity contribution in [2.75, 3.05) is 13.1 Å². The molecular formula is C20H24N4O3. The molecule has 2 aromatic heterocycles. The number of pyridine rings is 2. The smallest absolute Gasteiger partial charge is 0.250 e. The van der Waals surface area contributed by atoms with Crippen molar-refractivity contribution in [2.24, 2.45) is 5.92 Å². The summed E-state index contributed by atoms with van der Waals surface area (Å²) in [5.74, 6) is -0.435. The first-order valence-corrected chi connectivity index (χ1v) is 9.15. The molecule has 1 aliphatic heterocycles. The lowest BCUT2D eigenvalue weighted by atomic mass is 10.1. The number of aromatic nitrogens is 2. The third kappa shape index (κ3) is 4.81. The maximum Gasteiger partial charge on any atom is 0.250 e. The van der Waals surface area contributed by atoms with Gasteiger partial charge in [-0.05, 0) is 31.0 Å². The second kappa shape index (κ2) is 8.62. The number of aryl methyl sites for hydroxylation is 1. The number of nitrogens with one attached hydrogen (secondary N) is 1. The number of hydrogen-bond donors (Lipinski definition) is 1. The Hall–Kier alpha value is -2.96. The Bertz CT molecular complexity index is 863. The molecular weight excluding hydrogens is 344 g/mol. The second-order valence-electron chi connectivity index (χ2n) is 6.84. The molecule has 1 N–H and O–H groups in total. The summed E-state index contributed by atoms with van der Waals surface area (Å²) in [6.45, 7) is 3.83. The van der Waals surface area contributed by atoms with E-state index in [0.29, 0.717) is 32.6 Å². The van der Waals surface area contributed by atoms with E-state index in [1.54, 1.807) is 27.9 Å². The zero-order chi connectivity index (χ0) is 19.2. The van der Waals surface area contributed by atoms with E-state index in [2.05, 4.69) is 10.3 Å². The normalized spacial score (nSPS) is 16.6. The monoisotopic (exact) mass is 368 g/mol. The Morgan fingerprint density at radius 1 is 1.26 bits per heavy atom. The van der Waals surface area contributed by atoms with Crippen LogP contribution in [0.4, 0.5) is 0 Å². The van der Waals surface area contributed by atoms with Gasteiger partial charge in [-0.2, -0.15) is 0 Å². The van der Waals surface area contributed by atoms with E-state index in [1.807, 2.05) is 25.1 Å². The maximum atomic E-state index is 12.4. The van der Waals surface area contributed by atoms with E-state index in [0.717, 1.165) is 11.3 Å². The van der Waals surface area contributed by atoms with Crippen molar-refractivity contribution < 1.29 is 9.59 Å². The van der Waals surface area contributed by atoms with Gasteiger partial charge in [0.25, 0.3) is 5.56 Å². The summed E-state index contributed by atoms with van der Waals surface area (Å²) in [5.41, 5.74) is 1.82. The van der Waals surface area contributed by atoms with Gasteiger partial charge in [0.2, 0.25) is 11.8 Å². The number of carbonyl (C=O) groups is 2. The predicted molar refractivity (Wildman–Crippen MR) is 101 cm³/mol. The van der Waals surface area contributed by atoms with Gasteiger partial charge in [-0.25, -0.2) is 0 Å². The fourth-order valence-corrected chi connectivity index (χ4v) is 3.32. The van der Waals surface area contributed by atoms with Crippen molar-refractivity contribution in [1.82, 2.24) is 19.8 Å². The van der Waals surface area contributed by atoms with Crippen LogP contribution in [0.25, 0.3) is 0 Å². The fourth-order valence-electron chi connectivity index (χ4n) is 3.32. The highest BCUT2D eigenvalue weighted by Crippen LogP contribution is 2.20. The quantitative estimate of drug-likeness (QED) is 0.742. The number of nitrogens with zero attached hydrogens (tertiary/aromatic N) is 3. The number of carbonyl (C=O) groups excluding carboxylic acids is 2. The van der Waals surface area contributed by atoms with Crippen molar-refractivity contribution in [1.29, 1.82) is 0 Å². The minimum Gasteiger partial charge on any atom is -0.356 e. The van der Waals surface area contributed by atoms with Crippen LogP contribution in [-0.2, 0) is 22.7 Å². The van der Waals surface area contributed by atoms with Crippen LogP contribution in [0.15, 0.2) is 47.5 Å². The van der Waals surface area contributed by atoms with E-state index >= 15 is 0 Å². The van der Waals surface area contributed by atoms with E-state index in [4.69, 9.17) is 0 Å². The minimum atomic E-state index is -0.324. The van der Waals surface area contributed by atoms with Crippen molar-refractivity contribution >= 4 is 11.8 Å². The summed E-state index contributed by atoms with van der Waals surface area (Å²) < 4.78 is 1.70. The molecule has 2 aromatic rings. The van der Waals surface area contributed by atoms with Crippen LogP contribution in [0.2, 0.25) is 0 Å². The number of amides is 2. The molecule has 0 spiro atoms. The molecule has 3 rings (SSSR count). The molecule has 7 heteroatoms. The van der Waals surface area contributed by atoms with Crippen molar-refractivity contribution in [2.45, 2.75) is 32.9 Å². The van der Waals surface area contributed by atoms with Crippen LogP contribution in [0.5, 0.6) is 0 Å². The zero-order valence-electron chi connectivity index (χ0n) is 15.4. The SMILES string of the molecule is Cc1cccc(=O)n1CCCNC(=O)[C@H]1CC(=O)N(Cc2cccnc2)C1. The summed E-state index contributed by atoms with van der Waals surface area (Å²) >= 11 is 0.